The third kappa shape index (κ3) is 3.77. The summed E-state index contributed by atoms with van der Waals surface area (Å²) in [7, 11) is 0. The molecule has 1 rings (SSSR count). The van der Waals surface area contributed by atoms with Crippen LogP contribution < -0.4 is 5.32 Å². The van der Waals surface area contributed by atoms with Crippen LogP contribution in [0.3, 0.4) is 0 Å². The van der Waals surface area contributed by atoms with Crippen molar-refractivity contribution in [1.29, 1.82) is 0 Å². The Kier molecular flexibility index (Phi) is 4.29. The first-order chi connectivity index (χ1) is 7.24. The third-order valence-corrected chi connectivity index (χ3v) is 1.79. The number of amides is 1. The van der Waals surface area contributed by atoms with Crippen LogP contribution in [0.15, 0.2) is 36.4 Å². The van der Waals surface area contributed by atoms with Gasteiger partial charge in [-0.1, -0.05) is 36.4 Å². The molecular formula is C12H13NO2. The fourth-order valence-electron chi connectivity index (χ4n) is 1.06. The first kappa shape index (κ1) is 11.2. The van der Waals surface area contributed by atoms with Crippen LogP contribution in [0.1, 0.15) is 12.5 Å². The van der Waals surface area contributed by atoms with Crippen molar-refractivity contribution in [2.75, 3.05) is 6.54 Å². The fourth-order valence-corrected chi connectivity index (χ4v) is 1.06. The summed E-state index contributed by atoms with van der Waals surface area (Å²) >= 11 is 0. The smallest absolute Gasteiger partial charge is 0.291 e. The molecule has 0 atom stereocenters. The molecule has 1 aromatic carbocycles. The van der Waals surface area contributed by atoms with Gasteiger partial charge in [-0.15, -0.1) is 0 Å². The summed E-state index contributed by atoms with van der Waals surface area (Å²) in [5, 5.41) is 2.44. The Balaban J connectivity index is 2.59. The highest BCUT2D eigenvalue weighted by molar-refractivity contribution is 6.41. The second-order valence-electron chi connectivity index (χ2n) is 2.97. The number of rotatable bonds is 4. The predicted octanol–water partition coefficient (Wildman–Crippen LogP) is 1.41. The molecule has 0 radical (unpaired) electrons. The van der Waals surface area contributed by atoms with E-state index in [2.05, 4.69) is 5.32 Å². The lowest BCUT2D eigenvalue weighted by Crippen LogP contribution is -2.29. The van der Waals surface area contributed by atoms with Gasteiger partial charge in [0.2, 0.25) is 5.78 Å². The zero-order valence-electron chi connectivity index (χ0n) is 8.57. The minimum Gasteiger partial charge on any atom is -0.349 e. The monoisotopic (exact) mass is 203 g/mol. The van der Waals surface area contributed by atoms with Crippen LogP contribution in [0.5, 0.6) is 0 Å². The summed E-state index contributed by atoms with van der Waals surface area (Å²) in [5.41, 5.74) is 0.898. The Morgan fingerprint density at radius 3 is 2.53 bits per heavy atom. The Bertz CT molecular complexity index is 368. The molecule has 0 unspecified atom stereocenters. The molecule has 0 aromatic heterocycles. The maximum absolute atomic E-state index is 11.2. The Hall–Kier alpha value is -1.90. The predicted molar refractivity (Wildman–Crippen MR) is 59.2 cm³/mol. The van der Waals surface area contributed by atoms with Gasteiger partial charge in [-0.3, -0.25) is 9.59 Å². The van der Waals surface area contributed by atoms with E-state index in [9.17, 15) is 9.59 Å². The van der Waals surface area contributed by atoms with Crippen LogP contribution in [0.25, 0.3) is 6.08 Å². The number of hydrogen-bond acceptors (Lipinski definition) is 2. The molecular weight excluding hydrogens is 190 g/mol. The normalized spacial score (nSPS) is 10.2. The van der Waals surface area contributed by atoms with E-state index in [0.29, 0.717) is 6.54 Å². The largest absolute Gasteiger partial charge is 0.349 e. The van der Waals surface area contributed by atoms with Crippen LogP contribution in [-0.2, 0) is 9.59 Å². The van der Waals surface area contributed by atoms with Gasteiger partial charge in [-0.25, -0.2) is 0 Å². The second-order valence-corrected chi connectivity index (χ2v) is 2.97. The van der Waals surface area contributed by atoms with Crippen molar-refractivity contribution in [3.8, 4) is 0 Å². The number of carbonyl (C=O) groups excluding carboxylic acids is 2. The van der Waals surface area contributed by atoms with E-state index in [4.69, 9.17) is 0 Å². The number of benzene rings is 1. The zero-order chi connectivity index (χ0) is 11.1. The van der Waals surface area contributed by atoms with Crippen LogP contribution in [0, 0.1) is 0 Å². The van der Waals surface area contributed by atoms with Crippen molar-refractivity contribution < 1.29 is 9.59 Å². The highest BCUT2D eigenvalue weighted by Gasteiger charge is 2.06. The van der Waals surface area contributed by atoms with E-state index < -0.39 is 11.7 Å². The molecule has 1 N–H and O–H groups in total. The molecule has 0 heterocycles. The highest BCUT2D eigenvalue weighted by Crippen LogP contribution is 2.00. The lowest BCUT2D eigenvalue weighted by atomic mass is 10.2. The van der Waals surface area contributed by atoms with Gasteiger partial charge in [0.15, 0.2) is 0 Å². The summed E-state index contributed by atoms with van der Waals surface area (Å²) in [6.07, 6.45) is 2.90. The van der Waals surface area contributed by atoms with E-state index in [1.165, 1.54) is 6.08 Å². The van der Waals surface area contributed by atoms with Gasteiger partial charge < -0.3 is 5.32 Å². The molecule has 3 heteroatoms. The molecule has 1 amide bonds. The summed E-state index contributed by atoms with van der Waals surface area (Å²) in [6.45, 7) is 2.23. The molecule has 15 heavy (non-hydrogen) atoms. The fraction of sp³-hybridized carbons (Fsp3) is 0.167. The van der Waals surface area contributed by atoms with Crippen molar-refractivity contribution >= 4 is 17.8 Å². The minimum atomic E-state index is -0.565. The van der Waals surface area contributed by atoms with E-state index in [1.54, 1.807) is 13.0 Å². The van der Waals surface area contributed by atoms with E-state index in [1.807, 2.05) is 30.3 Å². The maximum Gasteiger partial charge on any atom is 0.291 e. The van der Waals surface area contributed by atoms with E-state index in [0.717, 1.165) is 5.56 Å². The lowest BCUT2D eigenvalue weighted by Gasteiger charge is -1.96. The number of ketones is 1. The number of hydrogen-bond donors (Lipinski definition) is 1. The van der Waals surface area contributed by atoms with Gasteiger partial charge in [-0.2, -0.15) is 0 Å². The summed E-state index contributed by atoms with van der Waals surface area (Å²) in [6, 6.07) is 9.36. The molecule has 0 aliphatic heterocycles. The van der Waals surface area contributed by atoms with Crippen molar-refractivity contribution in [2.24, 2.45) is 0 Å². The van der Waals surface area contributed by atoms with Crippen LogP contribution >= 0.6 is 0 Å². The van der Waals surface area contributed by atoms with E-state index in [-0.39, 0.29) is 0 Å². The molecule has 0 aliphatic carbocycles. The van der Waals surface area contributed by atoms with Crippen LogP contribution in [0.2, 0.25) is 0 Å². The molecule has 3 nitrogen and oxygen atoms in total. The van der Waals surface area contributed by atoms with Gasteiger partial charge in [0.25, 0.3) is 5.91 Å². The van der Waals surface area contributed by atoms with Crippen molar-refractivity contribution in [3.05, 3.63) is 42.0 Å². The lowest BCUT2D eigenvalue weighted by molar-refractivity contribution is -0.135. The molecule has 0 aliphatic rings. The molecule has 0 saturated heterocycles. The Morgan fingerprint density at radius 2 is 1.93 bits per heavy atom. The van der Waals surface area contributed by atoms with Gasteiger partial charge in [0.05, 0.1) is 0 Å². The molecule has 0 bridgehead atoms. The highest BCUT2D eigenvalue weighted by atomic mass is 16.2. The van der Waals surface area contributed by atoms with Gasteiger partial charge in [0.1, 0.15) is 0 Å². The van der Waals surface area contributed by atoms with Crippen molar-refractivity contribution in [3.63, 3.8) is 0 Å². The summed E-state index contributed by atoms with van der Waals surface area (Å²) in [5.74, 6) is -1.09. The average molecular weight is 203 g/mol. The molecule has 0 spiro atoms. The quantitative estimate of drug-likeness (QED) is 0.594. The third-order valence-electron chi connectivity index (χ3n) is 1.79. The second kappa shape index (κ2) is 5.75. The van der Waals surface area contributed by atoms with Crippen molar-refractivity contribution in [2.45, 2.75) is 6.92 Å². The minimum absolute atomic E-state index is 0.462. The zero-order valence-corrected chi connectivity index (χ0v) is 8.57. The standard InChI is InChI=1S/C12H13NO2/c1-2-13-12(15)11(14)9-8-10-6-4-3-5-7-10/h3-9H,2H2,1H3,(H,13,15). The molecule has 1 aromatic rings. The van der Waals surface area contributed by atoms with E-state index >= 15 is 0 Å². The topological polar surface area (TPSA) is 46.2 Å². The SMILES string of the molecule is CCNC(=O)C(=O)C=Cc1ccccc1. The summed E-state index contributed by atoms with van der Waals surface area (Å²) < 4.78 is 0. The molecule has 0 saturated carbocycles. The van der Waals surface area contributed by atoms with Crippen LogP contribution in [-0.4, -0.2) is 18.2 Å². The molecule has 0 fully saturated rings. The number of nitrogens with one attached hydrogen (secondary N) is 1. The average Bonchev–Trinajstić information content (AvgIpc) is 2.27. The van der Waals surface area contributed by atoms with Gasteiger partial charge in [-0.05, 0) is 18.6 Å². The van der Waals surface area contributed by atoms with Crippen LogP contribution in [0.4, 0.5) is 0 Å². The maximum atomic E-state index is 11.2. The molecule has 78 valence electrons. The first-order valence-electron chi connectivity index (χ1n) is 4.79. The van der Waals surface area contributed by atoms with Gasteiger partial charge >= 0.3 is 0 Å². The first-order valence-corrected chi connectivity index (χ1v) is 4.79. The Labute approximate surface area is 88.8 Å². The van der Waals surface area contributed by atoms with Gasteiger partial charge in [0, 0.05) is 6.54 Å². The number of likely N-dealkylation sites (N-methyl/N-ethyl adjacent to an activating group) is 1. The Morgan fingerprint density at radius 1 is 1.27 bits per heavy atom. The van der Waals surface area contributed by atoms with Crippen molar-refractivity contribution in [1.82, 2.24) is 5.32 Å². The summed E-state index contributed by atoms with van der Waals surface area (Å²) in [4.78, 5) is 22.3. The number of carbonyl (C=O) groups is 2.